The number of halogens is 1. The first-order valence-electron chi connectivity index (χ1n) is 15.6. The van der Waals surface area contributed by atoms with Crippen LogP contribution >= 0.6 is 11.6 Å². The van der Waals surface area contributed by atoms with Crippen LogP contribution in [0, 0.1) is 0 Å². The number of benzene rings is 4. The average Bonchev–Trinajstić information content (AvgIpc) is 3.07. The molecular weight excluding hydrogens is 618 g/mol. The van der Waals surface area contributed by atoms with Crippen molar-refractivity contribution in [3.63, 3.8) is 0 Å². The number of carbonyl (C=O) groups is 2. The first-order valence-corrected chi connectivity index (χ1v) is 17.4. The van der Waals surface area contributed by atoms with Crippen molar-refractivity contribution >= 4 is 39.1 Å². The number of hydrogen-bond acceptors (Lipinski definition) is 4. The van der Waals surface area contributed by atoms with E-state index in [0.717, 1.165) is 33.8 Å². The molecule has 4 aromatic rings. The molecule has 0 aliphatic rings. The summed E-state index contributed by atoms with van der Waals surface area (Å²) in [7, 11) is -4.15. The lowest BCUT2D eigenvalue weighted by molar-refractivity contribution is -0.140. The molecule has 9 heteroatoms. The molecule has 7 nitrogen and oxygen atoms in total. The highest BCUT2D eigenvalue weighted by atomic mass is 35.5. The van der Waals surface area contributed by atoms with E-state index in [9.17, 15) is 18.0 Å². The number of amides is 2. The highest BCUT2D eigenvalue weighted by Gasteiger charge is 2.34. The van der Waals surface area contributed by atoms with Crippen molar-refractivity contribution in [1.29, 1.82) is 0 Å². The van der Waals surface area contributed by atoms with Gasteiger partial charge in [-0.1, -0.05) is 112 Å². The molecule has 0 aromatic heterocycles. The summed E-state index contributed by atoms with van der Waals surface area (Å²) in [5.74, 6) is -0.554. The Morgan fingerprint density at radius 2 is 1.41 bits per heavy atom. The second kappa shape index (κ2) is 16.4. The minimum Gasteiger partial charge on any atom is -0.354 e. The summed E-state index contributed by atoms with van der Waals surface area (Å²) in [5, 5.41) is 3.55. The number of nitrogens with one attached hydrogen (secondary N) is 1. The summed E-state index contributed by atoms with van der Waals surface area (Å²) >= 11 is 6.16. The first kappa shape index (κ1) is 34.7. The number of rotatable bonds is 15. The van der Waals surface area contributed by atoms with E-state index in [-0.39, 0.29) is 29.7 Å². The minimum absolute atomic E-state index is 0.0677. The zero-order valence-electron chi connectivity index (χ0n) is 26.6. The van der Waals surface area contributed by atoms with Crippen molar-refractivity contribution in [2.24, 2.45) is 0 Å². The number of anilines is 1. The van der Waals surface area contributed by atoms with E-state index < -0.39 is 28.5 Å². The van der Waals surface area contributed by atoms with E-state index in [1.54, 1.807) is 54.6 Å². The van der Waals surface area contributed by atoms with Crippen LogP contribution in [0.15, 0.2) is 114 Å². The fourth-order valence-electron chi connectivity index (χ4n) is 5.12. The van der Waals surface area contributed by atoms with Gasteiger partial charge in [0, 0.05) is 24.5 Å². The highest BCUT2D eigenvalue weighted by molar-refractivity contribution is 7.92. The predicted molar refractivity (Wildman–Crippen MR) is 185 cm³/mol. The summed E-state index contributed by atoms with van der Waals surface area (Å²) in [6.07, 6.45) is 1.95. The van der Waals surface area contributed by atoms with Crippen LogP contribution in [0.3, 0.4) is 0 Å². The van der Waals surface area contributed by atoms with Crippen LogP contribution < -0.4 is 9.62 Å². The lowest BCUT2D eigenvalue weighted by Gasteiger charge is -2.34. The fourth-order valence-corrected chi connectivity index (χ4v) is 6.68. The van der Waals surface area contributed by atoms with Gasteiger partial charge < -0.3 is 10.2 Å². The van der Waals surface area contributed by atoms with E-state index in [0.29, 0.717) is 17.3 Å². The normalized spacial score (nSPS) is 12.0. The molecule has 1 atom stereocenters. The van der Waals surface area contributed by atoms with Gasteiger partial charge in [0.2, 0.25) is 11.8 Å². The van der Waals surface area contributed by atoms with Crippen LogP contribution in [0.4, 0.5) is 5.69 Å². The van der Waals surface area contributed by atoms with E-state index >= 15 is 0 Å². The summed E-state index contributed by atoms with van der Waals surface area (Å²) in [6, 6.07) is 31.0. The quantitative estimate of drug-likeness (QED) is 0.137. The van der Waals surface area contributed by atoms with Crippen LogP contribution in [0.25, 0.3) is 0 Å². The summed E-state index contributed by atoms with van der Waals surface area (Å²) in [4.78, 5) is 29.9. The SMILES string of the molecule is CCCCNC(=O)[C@H](Cc1ccccc1)N(Cc1ccc(Cl)cc1)C(=O)CN(c1ccc(C(C)C)cc1)S(=O)(=O)c1ccccc1. The van der Waals surface area contributed by atoms with E-state index in [2.05, 4.69) is 19.2 Å². The number of carbonyl (C=O) groups excluding carboxylic acids is 2. The molecule has 0 aliphatic carbocycles. The minimum atomic E-state index is -4.15. The van der Waals surface area contributed by atoms with Crippen molar-refractivity contribution in [3.8, 4) is 0 Å². The summed E-state index contributed by atoms with van der Waals surface area (Å²) in [6.45, 7) is 6.22. The van der Waals surface area contributed by atoms with Gasteiger partial charge in [-0.15, -0.1) is 0 Å². The van der Waals surface area contributed by atoms with Crippen LogP contribution in [0.2, 0.25) is 5.02 Å². The van der Waals surface area contributed by atoms with E-state index in [1.807, 2.05) is 49.4 Å². The Morgan fingerprint density at radius 3 is 2.00 bits per heavy atom. The molecule has 4 aromatic carbocycles. The molecule has 242 valence electrons. The Balaban J connectivity index is 1.78. The van der Waals surface area contributed by atoms with Crippen molar-refractivity contribution in [3.05, 3.63) is 131 Å². The van der Waals surface area contributed by atoms with Crippen LogP contribution in [0.1, 0.15) is 56.2 Å². The van der Waals surface area contributed by atoms with Crippen LogP contribution in [-0.4, -0.2) is 44.3 Å². The molecule has 1 N–H and O–H groups in total. The Labute approximate surface area is 278 Å². The Morgan fingerprint density at radius 1 is 0.804 bits per heavy atom. The first-order chi connectivity index (χ1) is 22.1. The van der Waals surface area contributed by atoms with Crippen LogP contribution in [0.5, 0.6) is 0 Å². The third-order valence-electron chi connectivity index (χ3n) is 7.82. The smallest absolute Gasteiger partial charge is 0.264 e. The maximum absolute atomic E-state index is 14.5. The number of sulfonamides is 1. The monoisotopic (exact) mass is 659 g/mol. The molecule has 0 saturated heterocycles. The third kappa shape index (κ3) is 9.21. The van der Waals surface area contributed by atoms with Gasteiger partial charge in [-0.05, 0) is 65.4 Å². The lowest BCUT2D eigenvalue weighted by atomic mass is 10.0. The van der Waals surface area contributed by atoms with Gasteiger partial charge in [-0.25, -0.2) is 8.42 Å². The Hall–Kier alpha value is -4.14. The Bertz CT molecular complexity index is 1660. The molecule has 46 heavy (non-hydrogen) atoms. The van der Waals surface area contributed by atoms with E-state index in [1.165, 1.54) is 17.0 Å². The largest absolute Gasteiger partial charge is 0.354 e. The number of nitrogens with zero attached hydrogens (tertiary/aromatic N) is 2. The fraction of sp³-hybridized carbons (Fsp3) is 0.297. The van der Waals surface area contributed by atoms with Gasteiger partial charge in [0.25, 0.3) is 10.0 Å². The molecule has 4 rings (SSSR count). The molecule has 0 bridgehead atoms. The van der Waals surface area contributed by atoms with Gasteiger partial charge in [-0.2, -0.15) is 0 Å². The third-order valence-corrected chi connectivity index (χ3v) is 9.86. The summed E-state index contributed by atoms with van der Waals surface area (Å²) in [5.41, 5.74) is 3.05. The summed E-state index contributed by atoms with van der Waals surface area (Å²) < 4.78 is 29.4. The van der Waals surface area contributed by atoms with Crippen molar-refractivity contribution in [2.75, 3.05) is 17.4 Å². The van der Waals surface area contributed by atoms with Crippen molar-refractivity contribution in [2.45, 2.75) is 63.4 Å². The molecule has 0 fully saturated rings. The molecule has 0 aliphatic heterocycles. The molecule has 0 heterocycles. The topological polar surface area (TPSA) is 86.8 Å². The van der Waals surface area contributed by atoms with Crippen molar-refractivity contribution < 1.29 is 18.0 Å². The zero-order chi connectivity index (χ0) is 33.1. The van der Waals surface area contributed by atoms with Gasteiger partial charge >= 0.3 is 0 Å². The molecule has 0 saturated carbocycles. The molecule has 2 amide bonds. The van der Waals surface area contributed by atoms with E-state index in [4.69, 9.17) is 11.6 Å². The van der Waals surface area contributed by atoms with Gasteiger partial charge in [0.15, 0.2) is 0 Å². The maximum Gasteiger partial charge on any atom is 0.264 e. The van der Waals surface area contributed by atoms with Crippen LogP contribution in [-0.2, 0) is 32.6 Å². The lowest BCUT2D eigenvalue weighted by Crippen LogP contribution is -2.53. The average molecular weight is 660 g/mol. The Kier molecular flexibility index (Phi) is 12.4. The van der Waals surface area contributed by atoms with Gasteiger partial charge in [0.1, 0.15) is 12.6 Å². The van der Waals surface area contributed by atoms with Gasteiger partial charge in [0.05, 0.1) is 10.6 Å². The standard InChI is InChI=1S/C37H42ClN3O4S/c1-4-5-24-39-37(43)35(25-29-12-8-6-9-13-29)40(26-30-16-20-32(38)21-17-30)36(42)27-41(33-22-18-31(19-23-33)28(2)3)46(44,45)34-14-10-7-11-15-34/h6-23,28,35H,4-5,24-27H2,1-3H3,(H,39,43)/t35-/m0/s1. The highest BCUT2D eigenvalue weighted by Crippen LogP contribution is 2.27. The van der Waals surface area contributed by atoms with Gasteiger partial charge in [-0.3, -0.25) is 13.9 Å². The number of hydrogen-bond donors (Lipinski definition) is 1. The second-order valence-electron chi connectivity index (χ2n) is 11.6. The molecule has 0 unspecified atom stereocenters. The second-order valence-corrected chi connectivity index (χ2v) is 13.9. The molecule has 0 spiro atoms. The van der Waals surface area contributed by atoms with Crippen molar-refractivity contribution in [1.82, 2.24) is 10.2 Å². The predicted octanol–water partition coefficient (Wildman–Crippen LogP) is 7.22. The zero-order valence-corrected chi connectivity index (χ0v) is 28.2. The molecule has 0 radical (unpaired) electrons. The number of unbranched alkanes of at least 4 members (excludes halogenated alkanes) is 1. The molecular formula is C37H42ClN3O4S. The maximum atomic E-state index is 14.5.